The van der Waals surface area contributed by atoms with E-state index in [0.717, 1.165) is 34.4 Å². The highest BCUT2D eigenvalue weighted by Gasteiger charge is 2.55. The van der Waals surface area contributed by atoms with Crippen LogP contribution in [0.2, 0.25) is 0 Å². The first-order valence-electron chi connectivity index (χ1n) is 11.8. The molecule has 15 nitrogen and oxygen atoms in total. The summed E-state index contributed by atoms with van der Waals surface area (Å²) < 4.78 is 26.8. The van der Waals surface area contributed by atoms with Crippen LogP contribution in [0, 0.1) is 0 Å². The minimum atomic E-state index is -4.19. The molecule has 42 heavy (non-hydrogen) atoms. The van der Waals surface area contributed by atoms with Crippen LogP contribution in [-0.2, 0) is 29.1 Å². The molecule has 2 amide bonds. The third kappa shape index (κ3) is 5.46. The lowest BCUT2D eigenvalue weighted by Crippen LogP contribution is -2.72. The van der Waals surface area contributed by atoms with Gasteiger partial charge < -0.3 is 36.0 Å². The molecule has 4 heterocycles. The van der Waals surface area contributed by atoms with Gasteiger partial charge in [-0.3, -0.25) is 14.5 Å². The van der Waals surface area contributed by atoms with Crippen LogP contribution in [0.1, 0.15) is 5.69 Å². The fraction of sp³-hybridized carbons (Fsp3) is 0.167. The maximum absolute atomic E-state index is 13.3. The van der Waals surface area contributed by atoms with E-state index in [1.807, 2.05) is 0 Å². The van der Waals surface area contributed by atoms with Gasteiger partial charge in [0.1, 0.15) is 22.8 Å². The van der Waals surface area contributed by atoms with Gasteiger partial charge in [-0.15, -0.1) is 23.1 Å². The maximum atomic E-state index is 13.3. The van der Waals surface area contributed by atoms with Crippen molar-refractivity contribution in [1.82, 2.24) is 15.2 Å². The van der Waals surface area contributed by atoms with Crippen LogP contribution in [0.3, 0.4) is 0 Å². The molecule has 1 fully saturated rings. The van der Waals surface area contributed by atoms with Gasteiger partial charge in [0.15, 0.2) is 34.7 Å². The number of rotatable bonds is 9. The molecule has 1 aromatic carbocycles. The zero-order valence-corrected chi connectivity index (χ0v) is 23.6. The Morgan fingerprint density at radius 2 is 1.98 bits per heavy atom. The average molecular weight is 633 g/mol. The van der Waals surface area contributed by atoms with Crippen molar-refractivity contribution in [2.24, 2.45) is 5.16 Å². The van der Waals surface area contributed by atoms with Gasteiger partial charge in [-0.05, 0) is 12.1 Å². The Morgan fingerprint density at radius 3 is 2.62 bits per heavy atom. The smallest absolute Gasteiger partial charge is 0.276 e. The first kappa shape index (κ1) is 28.8. The van der Waals surface area contributed by atoms with Gasteiger partial charge in [0.25, 0.3) is 11.8 Å². The number of thiazole rings is 1. The van der Waals surface area contributed by atoms with Gasteiger partial charge in [0.2, 0.25) is 21.5 Å². The molecule has 0 saturated carbocycles. The third-order valence-electron chi connectivity index (χ3n) is 6.10. The Kier molecular flexibility index (Phi) is 7.76. The summed E-state index contributed by atoms with van der Waals surface area (Å²) in [6.07, 6.45) is 3.27. The summed E-state index contributed by atoms with van der Waals surface area (Å²) in [6.45, 7) is 0. The van der Waals surface area contributed by atoms with Gasteiger partial charge >= 0.3 is 0 Å². The number of oxime groups is 1. The summed E-state index contributed by atoms with van der Waals surface area (Å²) >= 11 is 2.19. The highest BCUT2D eigenvalue weighted by atomic mass is 32.2. The van der Waals surface area contributed by atoms with E-state index in [1.165, 1.54) is 17.1 Å². The molecule has 0 aliphatic carbocycles. The van der Waals surface area contributed by atoms with Gasteiger partial charge in [0.05, 0.1) is 16.6 Å². The van der Waals surface area contributed by atoms with E-state index in [-0.39, 0.29) is 27.2 Å². The van der Waals surface area contributed by atoms with Gasteiger partial charge in [-0.1, -0.05) is 11.2 Å². The average Bonchev–Trinajstić information content (AvgIpc) is 3.40. The molecule has 5 rings (SSSR count). The predicted octanol–water partition coefficient (Wildman–Crippen LogP) is -1.41. The Bertz CT molecular complexity index is 1760. The number of amides is 2. The molecule has 18 heteroatoms. The quantitative estimate of drug-likeness (QED) is 0.0702. The lowest BCUT2D eigenvalue weighted by atomic mass is 10.0. The molecule has 2 aliphatic rings. The topological polar surface area (TPSA) is 229 Å². The SMILES string of the molecule is Nc1nc(/C(=N/OCS(=O)(=O)c2ccc(O)c(O)c2)C(=O)N[C@@H]2C(=O)N3C(C(=O)[O-])=C([n+]4ccccc4)CS[C@H]23)cs1. The number of aromatic hydroxyl groups is 2. The number of carboxylic acids is 1. The second-order valence-electron chi connectivity index (χ2n) is 8.75. The van der Waals surface area contributed by atoms with E-state index in [9.17, 15) is 38.1 Å². The fourth-order valence-electron chi connectivity index (χ4n) is 4.10. The van der Waals surface area contributed by atoms with Crippen LogP contribution < -0.4 is 20.7 Å². The number of hydrogen-bond donors (Lipinski definition) is 4. The van der Waals surface area contributed by atoms with E-state index in [1.54, 1.807) is 35.2 Å². The van der Waals surface area contributed by atoms with Gasteiger partial charge in [-0.2, -0.15) is 4.57 Å². The van der Waals surface area contributed by atoms with Gasteiger partial charge in [0, 0.05) is 23.6 Å². The van der Waals surface area contributed by atoms with Crippen molar-refractivity contribution in [2.45, 2.75) is 16.3 Å². The van der Waals surface area contributed by atoms with E-state index >= 15 is 0 Å². The number of carbonyl (C=O) groups excluding carboxylic acids is 3. The van der Waals surface area contributed by atoms with E-state index in [2.05, 4.69) is 15.5 Å². The van der Waals surface area contributed by atoms with Crippen molar-refractivity contribution in [2.75, 3.05) is 17.4 Å². The van der Waals surface area contributed by atoms with Crippen LogP contribution in [0.25, 0.3) is 5.70 Å². The minimum Gasteiger partial charge on any atom is -0.543 e. The Labute approximate surface area is 245 Å². The molecule has 3 aromatic rings. The van der Waals surface area contributed by atoms with Crippen molar-refractivity contribution >= 4 is 67.3 Å². The van der Waals surface area contributed by atoms with E-state index in [4.69, 9.17) is 10.6 Å². The predicted molar refractivity (Wildman–Crippen MR) is 146 cm³/mol. The number of hydrogen-bond acceptors (Lipinski definition) is 14. The van der Waals surface area contributed by atoms with Crippen LogP contribution in [-0.4, -0.2) is 75.1 Å². The highest BCUT2D eigenvalue weighted by Crippen LogP contribution is 2.40. The number of fused-ring (bicyclic) bond motifs is 1. The molecule has 2 aromatic heterocycles. The molecule has 2 atom stereocenters. The summed E-state index contributed by atoms with van der Waals surface area (Å²) in [6, 6.07) is 6.84. The number of β-lactam (4-membered cyclic amide) rings is 1. The number of aliphatic carboxylic acids is 1. The summed E-state index contributed by atoms with van der Waals surface area (Å²) in [5.74, 6) is -5.27. The summed E-state index contributed by atoms with van der Waals surface area (Å²) in [5.41, 5.74) is 5.13. The number of phenolic OH excluding ortho intramolecular Hbond substituents is 2. The zero-order valence-electron chi connectivity index (χ0n) is 21.1. The molecule has 0 bridgehead atoms. The number of nitrogen functional groups attached to an aromatic ring is 1. The van der Waals surface area contributed by atoms with E-state index in [0.29, 0.717) is 5.70 Å². The molecule has 1 saturated heterocycles. The maximum Gasteiger partial charge on any atom is 0.276 e. The number of aromatic nitrogens is 2. The molecule has 0 radical (unpaired) electrons. The third-order valence-corrected chi connectivity index (χ3v) is 9.43. The number of nitrogens with zero attached hydrogens (tertiary/aromatic N) is 4. The second-order valence-corrected chi connectivity index (χ2v) is 12.7. The summed E-state index contributed by atoms with van der Waals surface area (Å²) in [4.78, 5) is 48.0. The molecular formula is C24H20N6O9S3. The summed E-state index contributed by atoms with van der Waals surface area (Å²) in [7, 11) is -4.19. The van der Waals surface area contributed by atoms with Crippen molar-refractivity contribution in [3.63, 3.8) is 0 Å². The number of pyridine rings is 1. The lowest BCUT2D eigenvalue weighted by Gasteiger charge is -2.49. The van der Waals surface area contributed by atoms with Crippen molar-refractivity contribution in [3.8, 4) is 11.5 Å². The molecule has 5 N–H and O–H groups in total. The van der Waals surface area contributed by atoms with Crippen LogP contribution in [0.4, 0.5) is 5.13 Å². The fourth-order valence-corrected chi connectivity index (χ4v) is 6.90. The van der Waals surface area contributed by atoms with Crippen molar-refractivity contribution in [1.29, 1.82) is 0 Å². The number of benzene rings is 1. The van der Waals surface area contributed by atoms with E-state index < -0.39 is 62.2 Å². The van der Waals surface area contributed by atoms with Gasteiger partial charge in [-0.25, -0.2) is 13.4 Å². The van der Waals surface area contributed by atoms with Crippen LogP contribution in [0.15, 0.2) is 69.9 Å². The Balaban J connectivity index is 1.35. The van der Waals surface area contributed by atoms with Crippen LogP contribution in [0.5, 0.6) is 11.5 Å². The largest absolute Gasteiger partial charge is 0.543 e. The normalized spacial score (nSPS) is 18.7. The monoisotopic (exact) mass is 632 g/mol. The first-order chi connectivity index (χ1) is 20.0. The second kappa shape index (κ2) is 11.3. The number of nitrogens with two attached hydrogens (primary N) is 1. The molecule has 0 spiro atoms. The van der Waals surface area contributed by atoms with Crippen LogP contribution >= 0.6 is 23.1 Å². The Morgan fingerprint density at radius 1 is 1.24 bits per heavy atom. The Hall–Kier alpha value is -4.68. The van der Waals surface area contributed by atoms with Crippen molar-refractivity contribution < 1.29 is 47.5 Å². The number of nitrogens with one attached hydrogen (secondary N) is 1. The minimum absolute atomic E-state index is 0.0623. The first-order valence-corrected chi connectivity index (χ1v) is 15.4. The molecular weight excluding hydrogens is 612 g/mol. The number of anilines is 1. The van der Waals surface area contributed by atoms with Crippen molar-refractivity contribution in [3.05, 3.63) is 65.6 Å². The number of sulfone groups is 1. The zero-order chi connectivity index (χ0) is 30.2. The highest BCUT2D eigenvalue weighted by molar-refractivity contribution is 8.00. The molecule has 218 valence electrons. The summed E-state index contributed by atoms with van der Waals surface area (Å²) in [5, 5.41) is 37.9. The number of phenols is 2. The molecule has 0 unspecified atom stereocenters. The number of carboxylic acid groups (broad SMARTS) is 1. The number of thioether (sulfide) groups is 1. The lowest BCUT2D eigenvalue weighted by molar-refractivity contribution is -0.582. The molecule has 2 aliphatic heterocycles. The standard InChI is InChI=1S/C24H20N6O9S3/c25-24-26-13(9-41-24)17(28-39-11-42(37,38)12-4-5-15(31)16(32)8-12)20(33)27-18-21(34)30-19(23(35)36)14(10-40-22(18)30)29-6-2-1-3-7-29/h1-9,18,22H,10-11H2,(H5-,25,26,27,28,31,32,33,35,36)/t18-,22-/m1/s1. The number of carbonyl (C=O) groups is 3.